The minimum absolute atomic E-state index is 0.146. The van der Waals surface area contributed by atoms with E-state index in [-0.39, 0.29) is 5.91 Å². The average Bonchev–Trinajstić information content (AvgIpc) is 2.62. The number of hydrogen-bond acceptors (Lipinski definition) is 3. The van der Waals surface area contributed by atoms with Crippen LogP contribution in [-0.4, -0.2) is 25.2 Å². The van der Waals surface area contributed by atoms with Crippen LogP contribution in [0.1, 0.15) is 37.0 Å². The van der Waals surface area contributed by atoms with E-state index in [0.717, 1.165) is 29.9 Å². The summed E-state index contributed by atoms with van der Waals surface area (Å²) in [5, 5.41) is 2.85. The number of rotatable bonds is 9. The summed E-state index contributed by atoms with van der Waals surface area (Å²) in [6.45, 7) is 8.79. The van der Waals surface area contributed by atoms with Crippen molar-refractivity contribution < 1.29 is 14.3 Å². The van der Waals surface area contributed by atoms with Crippen molar-refractivity contribution in [3.05, 3.63) is 59.2 Å². The second kappa shape index (κ2) is 9.85. The molecule has 1 N–H and O–H groups in total. The predicted molar refractivity (Wildman–Crippen MR) is 105 cm³/mol. The lowest BCUT2D eigenvalue weighted by Crippen LogP contribution is -2.38. The van der Waals surface area contributed by atoms with Gasteiger partial charge in [0.25, 0.3) is 5.91 Å². The summed E-state index contributed by atoms with van der Waals surface area (Å²) in [6.07, 6.45) is 1.66. The fraction of sp³-hybridized carbons (Fsp3) is 0.409. The van der Waals surface area contributed by atoms with Crippen LogP contribution in [-0.2, 0) is 11.2 Å². The number of carbonyl (C=O) groups is 1. The molecule has 0 bridgehead atoms. The van der Waals surface area contributed by atoms with Crippen LogP contribution in [0.3, 0.4) is 0 Å². The average molecular weight is 355 g/mol. The molecule has 2 aromatic carbocycles. The number of benzene rings is 2. The number of ether oxygens (including phenoxy) is 2. The molecule has 4 heteroatoms. The monoisotopic (exact) mass is 355 g/mol. The largest absolute Gasteiger partial charge is 0.492 e. The highest BCUT2D eigenvalue weighted by molar-refractivity contribution is 5.80. The van der Waals surface area contributed by atoms with Crippen LogP contribution >= 0.6 is 0 Å². The van der Waals surface area contributed by atoms with Crippen molar-refractivity contribution in [2.45, 2.75) is 46.6 Å². The molecule has 0 aromatic heterocycles. The molecule has 1 atom stereocenters. The summed E-state index contributed by atoms with van der Waals surface area (Å²) >= 11 is 0. The lowest BCUT2D eigenvalue weighted by Gasteiger charge is -2.16. The van der Waals surface area contributed by atoms with Gasteiger partial charge in [0.15, 0.2) is 6.10 Å². The zero-order chi connectivity index (χ0) is 18.9. The van der Waals surface area contributed by atoms with Crippen LogP contribution < -0.4 is 14.8 Å². The molecule has 0 saturated carbocycles. The van der Waals surface area contributed by atoms with Crippen LogP contribution in [0.15, 0.2) is 42.5 Å². The van der Waals surface area contributed by atoms with Gasteiger partial charge in [0.05, 0.1) is 6.54 Å². The van der Waals surface area contributed by atoms with E-state index in [1.807, 2.05) is 44.2 Å². The molecule has 0 saturated heterocycles. The van der Waals surface area contributed by atoms with E-state index >= 15 is 0 Å². The first-order valence-electron chi connectivity index (χ1n) is 9.23. The quantitative estimate of drug-likeness (QED) is 0.685. The summed E-state index contributed by atoms with van der Waals surface area (Å²) in [5.41, 5.74) is 3.51. The third-order valence-corrected chi connectivity index (χ3v) is 4.14. The van der Waals surface area contributed by atoms with Crippen molar-refractivity contribution >= 4 is 5.91 Å². The molecule has 1 amide bonds. The van der Waals surface area contributed by atoms with Gasteiger partial charge in [-0.1, -0.05) is 43.2 Å². The van der Waals surface area contributed by atoms with Gasteiger partial charge in [-0.3, -0.25) is 4.79 Å². The molecule has 1 unspecified atom stereocenters. The standard InChI is InChI=1S/C22H29NO3/c1-5-6-19-8-10-20(11-9-19)25-14-13-23-22(24)18(4)26-21-12-7-16(2)15-17(21)3/h7-12,15,18H,5-6,13-14H2,1-4H3,(H,23,24). The Labute approximate surface area is 156 Å². The van der Waals surface area contributed by atoms with Crippen molar-refractivity contribution in [2.75, 3.05) is 13.2 Å². The highest BCUT2D eigenvalue weighted by Crippen LogP contribution is 2.20. The molecule has 4 nitrogen and oxygen atoms in total. The molecule has 0 aliphatic heterocycles. The lowest BCUT2D eigenvalue weighted by molar-refractivity contribution is -0.127. The summed E-state index contributed by atoms with van der Waals surface area (Å²) in [4.78, 5) is 12.2. The maximum absolute atomic E-state index is 12.2. The normalized spacial score (nSPS) is 11.7. The Morgan fingerprint density at radius 1 is 1.12 bits per heavy atom. The molecule has 2 aromatic rings. The molecule has 26 heavy (non-hydrogen) atoms. The maximum Gasteiger partial charge on any atom is 0.260 e. The second-order valence-corrected chi connectivity index (χ2v) is 6.56. The molecular weight excluding hydrogens is 326 g/mol. The first kappa shape index (κ1) is 19.8. The maximum atomic E-state index is 12.2. The summed E-state index contributed by atoms with van der Waals surface area (Å²) in [5.74, 6) is 1.41. The van der Waals surface area contributed by atoms with Gasteiger partial charge in [-0.05, 0) is 56.5 Å². The van der Waals surface area contributed by atoms with E-state index < -0.39 is 6.10 Å². The zero-order valence-corrected chi connectivity index (χ0v) is 16.2. The Bertz CT molecular complexity index is 710. The van der Waals surface area contributed by atoms with E-state index in [0.29, 0.717) is 13.2 Å². The first-order chi connectivity index (χ1) is 12.5. The van der Waals surface area contributed by atoms with Gasteiger partial charge in [0.1, 0.15) is 18.1 Å². The summed E-state index contributed by atoms with van der Waals surface area (Å²) < 4.78 is 11.4. The van der Waals surface area contributed by atoms with Gasteiger partial charge in [-0.2, -0.15) is 0 Å². The molecule has 0 heterocycles. The number of hydrogen-bond donors (Lipinski definition) is 1. The number of nitrogens with one attached hydrogen (secondary N) is 1. The number of amides is 1. The second-order valence-electron chi connectivity index (χ2n) is 6.56. The van der Waals surface area contributed by atoms with Crippen LogP contribution in [0, 0.1) is 13.8 Å². The van der Waals surface area contributed by atoms with E-state index in [9.17, 15) is 4.79 Å². The Morgan fingerprint density at radius 2 is 1.85 bits per heavy atom. The van der Waals surface area contributed by atoms with Gasteiger partial charge < -0.3 is 14.8 Å². The van der Waals surface area contributed by atoms with Gasteiger partial charge in [0.2, 0.25) is 0 Å². The molecular formula is C22H29NO3. The fourth-order valence-corrected chi connectivity index (χ4v) is 2.70. The van der Waals surface area contributed by atoms with Gasteiger partial charge in [-0.15, -0.1) is 0 Å². The van der Waals surface area contributed by atoms with Gasteiger partial charge >= 0.3 is 0 Å². The van der Waals surface area contributed by atoms with E-state index in [1.165, 1.54) is 11.1 Å². The van der Waals surface area contributed by atoms with Crippen LogP contribution in [0.4, 0.5) is 0 Å². The predicted octanol–water partition coefficient (Wildman–Crippen LogP) is 4.22. The smallest absolute Gasteiger partial charge is 0.260 e. The van der Waals surface area contributed by atoms with Gasteiger partial charge in [-0.25, -0.2) is 0 Å². The van der Waals surface area contributed by atoms with Crippen molar-refractivity contribution in [1.29, 1.82) is 0 Å². The van der Waals surface area contributed by atoms with Crippen molar-refractivity contribution in [2.24, 2.45) is 0 Å². The number of aryl methyl sites for hydroxylation is 3. The first-order valence-corrected chi connectivity index (χ1v) is 9.23. The van der Waals surface area contributed by atoms with E-state index in [2.05, 4.69) is 24.4 Å². The minimum Gasteiger partial charge on any atom is -0.492 e. The topological polar surface area (TPSA) is 47.6 Å². The van der Waals surface area contributed by atoms with E-state index in [4.69, 9.17) is 9.47 Å². The molecule has 0 aliphatic rings. The fourth-order valence-electron chi connectivity index (χ4n) is 2.70. The Hall–Kier alpha value is -2.49. The highest BCUT2D eigenvalue weighted by Gasteiger charge is 2.15. The molecule has 0 aliphatic carbocycles. The third kappa shape index (κ3) is 6.10. The summed E-state index contributed by atoms with van der Waals surface area (Å²) in [6, 6.07) is 14.0. The lowest BCUT2D eigenvalue weighted by atomic mass is 10.1. The van der Waals surface area contributed by atoms with Crippen LogP contribution in [0.25, 0.3) is 0 Å². The molecule has 140 valence electrons. The molecule has 0 fully saturated rings. The molecule has 2 rings (SSSR count). The van der Waals surface area contributed by atoms with Crippen molar-refractivity contribution in [3.8, 4) is 11.5 Å². The van der Waals surface area contributed by atoms with E-state index in [1.54, 1.807) is 6.92 Å². The minimum atomic E-state index is -0.551. The molecule has 0 spiro atoms. The Kier molecular flexibility index (Phi) is 7.52. The van der Waals surface area contributed by atoms with Crippen molar-refractivity contribution in [3.63, 3.8) is 0 Å². The van der Waals surface area contributed by atoms with Crippen LogP contribution in [0.5, 0.6) is 11.5 Å². The highest BCUT2D eigenvalue weighted by atomic mass is 16.5. The van der Waals surface area contributed by atoms with Gasteiger partial charge in [0, 0.05) is 0 Å². The summed E-state index contributed by atoms with van der Waals surface area (Å²) in [7, 11) is 0. The SMILES string of the molecule is CCCc1ccc(OCCNC(=O)C(C)Oc2ccc(C)cc2C)cc1. The number of carbonyl (C=O) groups excluding carboxylic acids is 1. The zero-order valence-electron chi connectivity index (χ0n) is 16.2. The Balaban J connectivity index is 1.72. The van der Waals surface area contributed by atoms with Crippen molar-refractivity contribution in [1.82, 2.24) is 5.32 Å². The van der Waals surface area contributed by atoms with Crippen LogP contribution in [0.2, 0.25) is 0 Å². The third-order valence-electron chi connectivity index (χ3n) is 4.14. The Morgan fingerprint density at radius 3 is 2.50 bits per heavy atom. The molecule has 0 radical (unpaired) electrons.